The Morgan fingerprint density at radius 2 is 1.65 bits per heavy atom. The van der Waals surface area contributed by atoms with Gasteiger partial charge in [0.2, 0.25) is 0 Å². The number of phenols is 1. The zero-order valence-corrected chi connectivity index (χ0v) is 19.2. The molecule has 0 radical (unpaired) electrons. The molecule has 1 aromatic carbocycles. The van der Waals surface area contributed by atoms with Crippen molar-refractivity contribution in [2.75, 3.05) is 13.1 Å². The molecule has 1 heterocycles. The van der Waals surface area contributed by atoms with Crippen molar-refractivity contribution in [2.45, 2.75) is 71.6 Å². The molecule has 0 unspecified atom stereocenters. The number of benzene rings is 1. The number of halogens is 3. The molecule has 0 bridgehead atoms. The minimum atomic E-state index is -4.50. The number of pyridine rings is 1. The van der Waals surface area contributed by atoms with E-state index in [1.54, 1.807) is 0 Å². The van der Waals surface area contributed by atoms with E-state index in [1.807, 2.05) is 12.1 Å². The zero-order chi connectivity index (χ0) is 23.4. The molecule has 2 rings (SSSR count). The van der Waals surface area contributed by atoms with Gasteiger partial charge in [-0.05, 0) is 63.4 Å². The molecule has 1 aromatic heterocycles. The van der Waals surface area contributed by atoms with Gasteiger partial charge in [-0.2, -0.15) is 13.2 Å². The molecule has 172 valence electrons. The predicted molar refractivity (Wildman–Crippen MR) is 119 cm³/mol. The van der Waals surface area contributed by atoms with Crippen LogP contribution in [0.15, 0.2) is 30.5 Å². The number of hydrogen-bond acceptors (Lipinski definition) is 4. The van der Waals surface area contributed by atoms with Crippen LogP contribution < -0.4 is 10.6 Å². The summed E-state index contributed by atoms with van der Waals surface area (Å²) in [6, 6.07) is 6.08. The summed E-state index contributed by atoms with van der Waals surface area (Å²) in [6.07, 6.45) is -2.39. The molecule has 4 nitrogen and oxygen atoms in total. The maximum absolute atomic E-state index is 12.9. The van der Waals surface area contributed by atoms with Gasteiger partial charge in [-0.1, -0.05) is 32.9 Å². The van der Waals surface area contributed by atoms with Gasteiger partial charge in [0, 0.05) is 35.0 Å². The van der Waals surface area contributed by atoms with Crippen molar-refractivity contribution in [3.05, 3.63) is 47.3 Å². The highest BCUT2D eigenvalue weighted by Gasteiger charge is 2.32. The largest absolute Gasteiger partial charge is 0.507 e. The number of alkyl halides is 3. The smallest absolute Gasteiger partial charge is 0.433 e. The van der Waals surface area contributed by atoms with E-state index in [1.165, 1.54) is 12.3 Å². The number of nitrogens with one attached hydrogen (secondary N) is 2. The molecule has 0 fully saturated rings. The Morgan fingerprint density at radius 3 is 2.16 bits per heavy atom. The van der Waals surface area contributed by atoms with Crippen LogP contribution in [-0.4, -0.2) is 28.7 Å². The molecule has 31 heavy (non-hydrogen) atoms. The fraction of sp³-hybridized carbons (Fsp3) is 0.542. The maximum Gasteiger partial charge on any atom is 0.433 e. The van der Waals surface area contributed by atoms with Gasteiger partial charge in [-0.25, -0.2) is 0 Å². The zero-order valence-electron chi connectivity index (χ0n) is 19.2. The molecular formula is C24H34F3N3O. The van der Waals surface area contributed by atoms with Crippen LogP contribution in [0.3, 0.4) is 0 Å². The predicted octanol–water partition coefficient (Wildman–Crippen LogP) is 5.64. The summed E-state index contributed by atoms with van der Waals surface area (Å²) in [4.78, 5) is 3.55. The van der Waals surface area contributed by atoms with E-state index in [0.29, 0.717) is 23.2 Å². The lowest BCUT2D eigenvalue weighted by Gasteiger charge is -2.23. The average Bonchev–Trinajstić information content (AvgIpc) is 2.63. The molecule has 0 saturated carbocycles. The quantitative estimate of drug-likeness (QED) is 0.491. The van der Waals surface area contributed by atoms with Crippen LogP contribution in [0.25, 0.3) is 11.1 Å². The molecule has 0 aliphatic rings. The van der Waals surface area contributed by atoms with E-state index in [-0.39, 0.29) is 16.7 Å². The van der Waals surface area contributed by atoms with Crippen LogP contribution in [0.4, 0.5) is 13.2 Å². The lowest BCUT2D eigenvalue weighted by atomic mass is 9.84. The summed E-state index contributed by atoms with van der Waals surface area (Å²) in [5, 5.41) is 17.6. The van der Waals surface area contributed by atoms with Crippen LogP contribution in [0.5, 0.6) is 5.75 Å². The van der Waals surface area contributed by atoms with E-state index >= 15 is 0 Å². The Labute approximate surface area is 183 Å². The van der Waals surface area contributed by atoms with Crippen molar-refractivity contribution in [3.63, 3.8) is 0 Å². The van der Waals surface area contributed by atoms with Crippen molar-refractivity contribution < 1.29 is 18.3 Å². The normalized spacial score (nSPS) is 12.9. The summed E-state index contributed by atoms with van der Waals surface area (Å²) in [5.41, 5.74) is 1.58. The van der Waals surface area contributed by atoms with Crippen LogP contribution in [-0.2, 0) is 18.1 Å². The summed E-state index contributed by atoms with van der Waals surface area (Å²) in [5.74, 6) is 0.0647. The first-order chi connectivity index (χ1) is 14.2. The van der Waals surface area contributed by atoms with Crippen molar-refractivity contribution in [3.8, 4) is 16.9 Å². The first-order valence-electron chi connectivity index (χ1n) is 10.5. The molecule has 0 aliphatic carbocycles. The highest BCUT2D eigenvalue weighted by molar-refractivity contribution is 5.72. The average molecular weight is 438 g/mol. The molecule has 0 saturated heterocycles. The second-order valence-corrected chi connectivity index (χ2v) is 9.92. The summed E-state index contributed by atoms with van der Waals surface area (Å²) in [7, 11) is 0. The van der Waals surface area contributed by atoms with Gasteiger partial charge < -0.3 is 15.7 Å². The van der Waals surface area contributed by atoms with E-state index < -0.39 is 11.9 Å². The summed E-state index contributed by atoms with van der Waals surface area (Å²) in [6.45, 7) is 14.7. The number of hydrogen-bond donors (Lipinski definition) is 3. The topological polar surface area (TPSA) is 57.2 Å². The lowest BCUT2D eigenvalue weighted by Crippen LogP contribution is -2.37. The van der Waals surface area contributed by atoms with Gasteiger partial charge in [0.15, 0.2) is 0 Å². The van der Waals surface area contributed by atoms with E-state index in [4.69, 9.17) is 0 Å². The highest BCUT2D eigenvalue weighted by Crippen LogP contribution is 2.38. The molecular weight excluding hydrogens is 403 g/mol. The Bertz CT molecular complexity index is 864. The molecule has 0 aliphatic heterocycles. The van der Waals surface area contributed by atoms with E-state index in [9.17, 15) is 18.3 Å². The number of nitrogens with zero attached hydrogens (tertiary/aromatic N) is 1. The van der Waals surface area contributed by atoms with Gasteiger partial charge in [-0.3, -0.25) is 4.98 Å². The van der Waals surface area contributed by atoms with Gasteiger partial charge in [0.1, 0.15) is 11.4 Å². The number of aromatic hydroxyl groups is 1. The maximum atomic E-state index is 12.9. The Morgan fingerprint density at radius 1 is 0.968 bits per heavy atom. The Kier molecular flexibility index (Phi) is 7.76. The monoisotopic (exact) mass is 437 g/mol. The number of aromatic nitrogens is 1. The first-order valence-corrected chi connectivity index (χ1v) is 10.5. The van der Waals surface area contributed by atoms with Gasteiger partial charge >= 0.3 is 6.18 Å². The van der Waals surface area contributed by atoms with Gasteiger partial charge in [0.25, 0.3) is 0 Å². The minimum Gasteiger partial charge on any atom is -0.507 e. The number of rotatable bonds is 7. The van der Waals surface area contributed by atoms with Crippen molar-refractivity contribution in [1.29, 1.82) is 0 Å². The Balaban J connectivity index is 2.23. The third-order valence-electron chi connectivity index (χ3n) is 4.92. The highest BCUT2D eigenvalue weighted by atomic mass is 19.4. The van der Waals surface area contributed by atoms with Gasteiger partial charge in [-0.15, -0.1) is 0 Å². The third kappa shape index (κ3) is 7.51. The van der Waals surface area contributed by atoms with Crippen LogP contribution in [0, 0.1) is 0 Å². The van der Waals surface area contributed by atoms with Crippen molar-refractivity contribution >= 4 is 0 Å². The van der Waals surface area contributed by atoms with Gasteiger partial charge in [0.05, 0.1) is 0 Å². The van der Waals surface area contributed by atoms with Crippen LogP contribution in [0.2, 0.25) is 0 Å². The summed E-state index contributed by atoms with van der Waals surface area (Å²) < 4.78 is 38.6. The molecule has 2 aromatic rings. The fourth-order valence-electron chi connectivity index (χ4n) is 3.10. The summed E-state index contributed by atoms with van der Waals surface area (Å²) >= 11 is 0. The molecule has 0 amide bonds. The molecule has 7 heteroatoms. The first kappa shape index (κ1) is 25.1. The second-order valence-electron chi connectivity index (χ2n) is 9.92. The van der Waals surface area contributed by atoms with E-state index in [2.05, 4.69) is 57.2 Å². The standard InChI is InChI=1S/C24H34F3N3O/c1-22(2,3)18-12-17(14-28-10-7-11-30-23(4,5)6)21(31)19(13-18)16-8-9-20(29-15-16)24(25,26)27/h8-9,12-13,15,28,30-31H,7,10-11,14H2,1-6H3. The second kappa shape index (κ2) is 9.57. The molecule has 3 N–H and O–H groups in total. The van der Waals surface area contributed by atoms with Crippen molar-refractivity contribution in [2.24, 2.45) is 0 Å². The lowest BCUT2D eigenvalue weighted by molar-refractivity contribution is -0.141. The Hall–Kier alpha value is -2.12. The fourth-order valence-corrected chi connectivity index (χ4v) is 3.10. The minimum absolute atomic E-state index is 0.0647. The molecule has 0 atom stereocenters. The van der Waals surface area contributed by atoms with E-state index in [0.717, 1.165) is 31.1 Å². The van der Waals surface area contributed by atoms with Crippen LogP contribution >= 0.6 is 0 Å². The molecule has 0 spiro atoms. The SMILES string of the molecule is CC(C)(C)NCCCNCc1cc(C(C)(C)C)cc(-c2ccc(C(F)(F)F)nc2)c1O. The third-order valence-corrected chi connectivity index (χ3v) is 4.92. The van der Waals surface area contributed by atoms with Crippen molar-refractivity contribution in [1.82, 2.24) is 15.6 Å². The van der Waals surface area contributed by atoms with Crippen LogP contribution in [0.1, 0.15) is 64.8 Å². The number of phenolic OH excluding ortho intramolecular Hbond substituents is 1.